The number of hydrogen-bond acceptors (Lipinski definition) is 4. The van der Waals surface area contributed by atoms with Gasteiger partial charge in [-0.05, 0) is 37.8 Å². The minimum Gasteiger partial charge on any atom is -0.383 e. The van der Waals surface area contributed by atoms with Crippen molar-refractivity contribution in [2.24, 2.45) is 5.92 Å². The molecule has 2 rings (SSSR count). The molecule has 0 bridgehead atoms. The largest absolute Gasteiger partial charge is 0.383 e. The number of pyridine rings is 1. The first kappa shape index (κ1) is 13.3. The highest BCUT2D eigenvalue weighted by Gasteiger charge is 2.31. The summed E-state index contributed by atoms with van der Waals surface area (Å²) in [5, 5.41) is 3.16. The molecule has 1 aromatic rings. The first-order chi connectivity index (χ1) is 8.55. The van der Waals surface area contributed by atoms with E-state index in [4.69, 9.17) is 0 Å². The van der Waals surface area contributed by atoms with Gasteiger partial charge in [-0.3, -0.25) is 0 Å². The van der Waals surface area contributed by atoms with Crippen LogP contribution in [0.2, 0.25) is 0 Å². The average molecular weight is 269 g/mol. The highest BCUT2D eigenvalue weighted by molar-refractivity contribution is 7.89. The van der Waals surface area contributed by atoms with Crippen molar-refractivity contribution in [1.82, 2.24) is 9.29 Å². The summed E-state index contributed by atoms with van der Waals surface area (Å²) in [5.74, 6) is 0.524. The molecule has 0 amide bonds. The number of aromatic nitrogens is 1. The van der Waals surface area contributed by atoms with Gasteiger partial charge in [-0.1, -0.05) is 0 Å². The van der Waals surface area contributed by atoms with Crippen molar-refractivity contribution in [2.75, 3.05) is 25.5 Å². The Morgan fingerprint density at radius 1 is 1.50 bits per heavy atom. The van der Waals surface area contributed by atoms with Crippen molar-refractivity contribution in [2.45, 2.75) is 24.8 Å². The SMILES string of the molecule is CCNc1cccnc1S(=O)(=O)N(C)CC1CC1. The Hall–Kier alpha value is -1.14. The minimum absolute atomic E-state index is 0.120. The van der Waals surface area contributed by atoms with Gasteiger partial charge in [0, 0.05) is 26.3 Å². The predicted molar refractivity (Wildman–Crippen MR) is 70.9 cm³/mol. The van der Waals surface area contributed by atoms with Crippen LogP contribution in [0.1, 0.15) is 19.8 Å². The molecular weight excluding hydrogens is 250 g/mol. The first-order valence-electron chi connectivity index (χ1n) is 6.21. The van der Waals surface area contributed by atoms with E-state index in [1.165, 1.54) is 10.5 Å². The van der Waals surface area contributed by atoms with E-state index in [-0.39, 0.29) is 5.03 Å². The van der Waals surface area contributed by atoms with Crippen molar-refractivity contribution in [3.05, 3.63) is 18.3 Å². The summed E-state index contributed by atoms with van der Waals surface area (Å²) in [6.07, 6.45) is 3.77. The second-order valence-electron chi connectivity index (χ2n) is 4.62. The highest BCUT2D eigenvalue weighted by atomic mass is 32.2. The van der Waals surface area contributed by atoms with E-state index in [1.54, 1.807) is 19.2 Å². The third kappa shape index (κ3) is 2.81. The molecule has 1 heterocycles. The van der Waals surface area contributed by atoms with Crippen LogP contribution in [0.3, 0.4) is 0 Å². The second kappa shape index (κ2) is 5.24. The second-order valence-corrected chi connectivity index (χ2v) is 6.58. The van der Waals surface area contributed by atoms with Crippen LogP contribution < -0.4 is 5.32 Å². The van der Waals surface area contributed by atoms with Crippen LogP contribution in [0.5, 0.6) is 0 Å². The lowest BCUT2D eigenvalue weighted by Crippen LogP contribution is -2.30. The van der Waals surface area contributed by atoms with Gasteiger partial charge in [-0.2, -0.15) is 4.31 Å². The number of anilines is 1. The van der Waals surface area contributed by atoms with Crippen molar-refractivity contribution in [3.8, 4) is 0 Å². The quantitative estimate of drug-likeness (QED) is 0.851. The molecule has 0 radical (unpaired) electrons. The molecule has 1 fully saturated rings. The number of rotatable bonds is 6. The summed E-state index contributed by atoms with van der Waals surface area (Å²) in [5.41, 5.74) is 0.572. The van der Waals surface area contributed by atoms with Crippen LogP contribution in [0, 0.1) is 5.92 Å². The van der Waals surface area contributed by atoms with Crippen LogP contribution in [-0.4, -0.2) is 37.8 Å². The average Bonchev–Trinajstić information content (AvgIpc) is 3.14. The van der Waals surface area contributed by atoms with Crippen LogP contribution >= 0.6 is 0 Å². The number of nitrogens with one attached hydrogen (secondary N) is 1. The van der Waals surface area contributed by atoms with Crippen LogP contribution in [-0.2, 0) is 10.0 Å². The normalized spacial score (nSPS) is 15.9. The fourth-order valence-corrected chi connectivity index (χ4v) is 3.15. The van der Waals surface area contributed by atoms with Crippen molar-refractivity contribution < 1.29 is 8.42 Å². The van der Waals surface area contributed by atoms with E-state index in [2.05, 4.69) is 10.3 Å². The maximum Gasteiger partial charge on any atom is 0.262 e. The summed E-state index contributed by atoms with van der Waals surface area (Å²) in [6.45, 7) is 3.18. The van der Waals surface area contributed by atoms with Gasteiger partial charge in [0.1, 0.15) is 0 Å². The summed E-state index contributed by atoms with van der Waals surface area (Å²) in [7, 11) is -1.86. The monoisotopic (exact) mass is 269 g/mol. The van der Waals surface area contributed by atoms with E-state index in [0.29, 0.717) is 24.7 Å². The van der Waals surface area contributed by atoms with E-state index in [0.717, 1.165) is 12.8 Å². The maximum atomic E-state index is 12.4. The summed E-state index contributed by atoms with van der Waals surface area (Å²) >= 11 is 0. The molecule has 5 nitrogen and oxygen atoms in total. The molecule has 0 spiro atoms. The topological polar surface area (TPSA) is 62.3 Å². The zero-order chi connectivity index (χ0) is 13.2. The smallest absolute Gasteiger partial charge is 0.262 e. The molecule has 0 saturated heterocycles. The Bertz CT molecular complexity index is 512. The van der Waals surface area contributed by atoms with Crippen molar-refractivity contribution >= 4 is 15.7 Å². The maximum absolute atomic E-state index is 12.4. The van der Waals surface area contributed by atoms with Gasteiger partial charge in [-0.15, -0.1) is 0 Å². The van der Waals surface area contributed by atoms with Gasteiger partial charge in [-0.25, -0.2) is 13.4 Å². The minimum atomic E-state index is -3.49. The lowest BCUT2D eigenvalue weighted by atomic mass is 10.4. The Morgan fingerprint density at radius 3 is 2.83 bits per heavy atom. The number of nitrogens with zero attached hydrogens (tertiary/aromatic N) is 2. The molecule has 1 aliphatic carbocycles. The lowest BCUT2D eigenvalue weighted by molar-refractivity contribution is 0.450. The van der Waals surface area contributed by atoms with E-state index < -0.39 is 10.0 Å². The molecule has 0 atom stereocenters. The molecule has 6 heteroatoms. The van der Waals surface area contributed by atoms with E-state index in [9.17, 15) is 8.42 Å². The molecule has 1 N–H and O–H groups in total. The highest BCUT2D eigenvalue weighted by Crippen LogP contribution is 2.31. The molecular formula is C12H19N3O2S. The number of hydrogen-bond donors (Lipinski definition) is 1. The van der Waals surface area contributed by atoms with Gasteiger partial charge in [0.05, 0.1) is 5.69 Å². The third-order valence-electron chi connectivity index (χ3n) is 3.01. The van der Waals surface area contributed by atoms with Crippen molar-refractivity contribution in [3.63, 3.8) is 0 Å². The van der Waals surface area contributed by atoms with Gasteiger partial charge in [0.2, 0.25) is 0 Å². The van der Waals surface area contributed by atoms with E-state index >= 15 is 0 Å². The molecule has 1 saturated carbocycles. The first-order valence-corrected chi connectivity index (χ1v) is 7.65. The third-order valence-corrected chi connectivity index (χ3v) is 4.79. The Labute approximate surface area is 108 Å². The molecule has 0 unspecified atom stereocenters. The van der Waals surface area contributed by atoms with Crippen molar-refractivity contribution in [1.29, 1.82) is 0 Å². The number of sulfonamides is 1. The zero-order valence-corrected chi connectivity index (χ0v) is 11.6. The molecule has 100 valence electrons. The molecule has 1 aromatic heterocycles. The van der Waals surface area contributed by atoms with Crippen LogP contribution in [0.4, 0.5) is 5.69 Å². The molecule has 0 aromatic carbocycles. The summed E-state index contributed by atoms with van der Waals surface area (Å²) in [4.78, 5) is 4.03. The van der Waals surface area contributed by atoms with Crippen LogP contribution in [0.15, 0.2) is 23.4 Å². The Balaban J connectivity index is 2.27. The fraction of sp³-hybridized carbons (Fsp3) is 0.583. The van der Waals surface area contributed by atoms with Gasteiger partial charge < -0.3 is 5.32 Å². The summed E-state index contributed by atoms with van der Waals surface area (Å²) in [6, 6.07) is 3.48. The standard InChI is InChI=1S/C12H19N3O2S/c1-3-13-11-5-4-8-14-12(11)18(16,17)15(2)9-10-6-7-10/h4-5,8,10,13H,3,6-7,9H2,1-2H3. The van der Waals surface area contributed by atoms with E-state index in [1.807, 2.05) is 6.92 Å². The molecule has 1 aliphatic rings. The predicted octanol–water partition coefficient (Wildman–Crippen LogP) is 1.54. The van der Waals surface area contributed by atoms with Gasteiger partial charge >= 0.3 is 0 Å². The Morgan fingerprint density at radius 2 is 2.22 bits per heavy atom. The lowest BCUT2D eigenvalue weighted by Gasteiger charge is -2.18. The molecule has 0 aliphatic heterocycles. The summed E-state index contributed by atoms with van der Waals surface area (Å²) < 4.78 is 26.2. The fourth-order valence-electron chi connectivity index (χ4n) is 1.83. The van der Waals surface area contributed by atoms with Gasteiger partial charge in [0.25, 0.3) is 10.0 Å². The molecule has 18 heavy (non-hydrogen) atoms. The Kier molecular flexibility index (Phi) is 3.87. The zero-order valence-electron chi connectivity index (χ0n) is 10.8. The van der Waals surface area contributed by atoms with Gasteiger partial charge in [0.15, 0.2) is 5.03 Å². The van der Waals surface area contributed by atoms with Crippen LogP contribution in [0.25, 0.3) is 0 Å².